The first kappa shape index (κ1) is 13.4. The van der Waals surface area contributed by atoms with E-state index in [4.69, 9.17) is 5.73 Å². The molecule has 0 radical (unpaired) electrons. The number of likely N-dealkylation sites (tertiary alicyclic amines) is 1. The third kappa shape index (κ3) is 3.03. The van der Waals surface area contributed by atoms with E-state index in [9.17, 15) is 5.11 Å². The van der Waals surface area contributed by atoms with E-state index in [1.54, 1.807) is 6.07 Å². The molecule has 1 aromatic carbocycles. The molecule has 0 saturated carbocycles. The van der Waals surface area contributed by atoms with Crippen LogP contribution in [0.25, 0.3) is 0 Å². The largest absolute Gasteiger partial charge is 0.508 e. The van der Waals surface area contributed by atoms with E-state index in [1.807, 2.05) is 6.07 Å². The molecule has 100 valence electrons. The van der Waals surface area contributed by atoms with Gasteiger partial charge in [0.1, 0.15) is 5.75 Å². The molecule has 0 aromatic heterocycles. The number of rotatable bonds is 3. The SMILES string of the molecule is Cc1ccc(O)c(CN2CCC(C)CC2CN)c1. The first-order chi connectivity index (χ1) is 8.60. The predicted molar refractivity (Wildman–Crippen MR) is 74.5 cm³/mol. The van der Waals surface area contributed by atoms with Crippen LogP contribution in [0.15, 0.2) is 18.2 Å². The number of piperidine rings is 1. The summed E-state index contributed by atoms with van der Waals surface area (Å²) in [5, 5.41) is 9.92. The summed E-state index contributed by atoms with van der Waals surface area (Å²) in [5.41, 5.74) is 8.08. The highest BCUT2D eigenvalue weighted by molar-refractivity contribution is 5.35. The van der Waals surface area contributed by atoms with Crippen molar-refractivity contribution in [1.29, 1.82) is 0 Å². The summed E-state index contributed by atoms with van der Waals surface area (Å²) >= 11 is 0. The van der Waals surface area contributed by atoms with Crippen molar-refractivity contribution < 1.29 is 5.11 Å². The Morgan fingerprint density at radius 3 is 2.94 bits per heavy atom. The van der Waals surface area contributed by atoms with E-state index in [0.29, 0.717) is 18.3 Å². The van der Waals surface area contributed by atoms with Gasteiger partial charge in [-0.1, -0.05) is 24.6 Å². The Balaban J connectivity index is 2.10. The third-order valence-electron chi connectivity index (χ3n) is 3.98. The molecule has 0 bridgehead atoms. The fourth-order valence-electron chi connectivity index (χ4n) is 2.81. The Morgan fingerprint density at radius 1 is 1.44 bits per heavy atom. The van der Waals surface area contributed by atoms with Gasteiger partial charge in [0.15, 0.2) is 0 Å². The van der Waals surface area contributed by atoms with Gasteiger partial charge in [-0.05, 0) is 38.3 Å². The Labute approximate surface area is 110 Å². The number of hydrogen-bond acceptors (Lipinski definition) is 3. The molecule has 3 heteroatoms. The monoisotopic (exact) mass is 248 g/mol. The minimum Gasteiger partial charge on any atom is -0.508 e. The molecule has 0 amide bonds. The van der Waals surface area contributed by atoms with Crippen LogP contribution in [0.5, 0.6) is 5.75 Å². The molecule has 1 heterocycles. The number of aryl methyl sites for hydroxylation is 1. The summed E-state index contributed by atoms with van der Waals surface area (Å²) in [7, 11) is 0. The molecule has 2 atom stereocenters. The molecule has 0 spiro atoms. The van der Waals surface area contributed by atoms with E-state index < -0.39 is 0 Å². The van der Waals surface area contributed by atoms with Crippen LogP contribution >= 0.6 is 0 Å². The molecule has 1 aliphatic heterocycles. The van der Waals surface area contributed by atoms with Gasteiger partial charge >= 0.3 is 0 Å². The first-order valence-electron chi connectivity index (χ1n) is 6.82. The highest BCUT2D eigenvalue weighted by atomic mass is 16.3. The molecular formula is C15H24N2O. The average Bonchev–Trinajstić information content (AvgIpc) is 2.36. The predicted octanol–water partition coefficient (Wildman–Crippen LogP) is 2.26. The van der Waals surface area contributed by atoms with E-state index in [1.165, 1.54) is 18.4 Å². The number of nitrogens with two attached hydrogens (primary N) is 1. The fraction of sp³-hybridized carbons (Fsp3) is 0.600. The van der Waals surface area contributed by atoms with E-state index in [2.05, 4.69) is 24.8 Å². The van der Waals surface area contributed by atoms with Crippen LogP contribution in [0, 0.1) is 12.8 Å². The molecule has 0 aliphatic carbocycles. The molecule has 1 saturated heterocycles. The summed E-state index contributed by atoms with van der Waals surface area (Å²) < 4.78 is 0. The van der Waals surface area contributed by atoms with Crippen molar-refractivity contribution in [1.82, 2.24) is 4.90 Å². The van der Waals surface area contributed by atoms with Gasteiger partial charge in [-0.25, -0.2) is 0 Å². The number of hydrogen-bond donors (Lipinski definition) is 2. The van der Waals surface area contributed by atoms with Crippen molar-refractivity contribution in [3.63, 3.8) is 0 Å². The van der Waals surface area contributed by atoms with Gasteiger partial charge in [0.05, 0.1) is 0 Å². The molecule has 1 aromatic rings. The smallest absolute Gasteiger partial charge is 0.120 e. The van der Waals surface area contributed by atoms with Gasteiger partial charge in [-0.3, -0.25) is 4.90 Å². The second-order valence-electron chi connectivity index (χ2n) is 5.62. The van der Waals surface area contributed by atoms with E-state index in [0.717, 1.165) is 24.6 Å². The van der Waals surface area contributed by atoms with Crippen LogP contribution in [0.1, 0.15) is 30.9 Å². The Morgan fingerprint density at radius 2 is 2.22 bits per heavy atom. The zero-order chi connectivity index (χ0) is 13.1. The van der Waals surface area contributed by atoms with Crippen LogP contribution in [-0.4, -0.2) is 29.1 Å². The number of phenols is 1. The van der Waals surface area contributed by atoms with Crippen LogP contribution in [0.3, 0.4) is 0 Å². The second kappa shape index (κ2) is 5.72. The van der Waals surface area contributed by atoms with Crippen LogP contribution in [0.4, 0.5) is 0 Å². The number of aromatic hydroxyl groups is 1. The second-order valence-corrected chi connectivity index (χ2v) is 5.62. The van der Waals surface area contributed by atoms with Crippen molar-refractivity contribution in [3.05, 3.63) is 29.3 Å². The molecule has 3 N–H and O–H groups in total. The van der Waals surface area contributed by atoms with Gasteiger partial charge in [-0.15, -0.1) is 0 Å². The van der Waals surface area contributed by atoms with Gasteiger partial charge in [0.2, 0.25) is 0 Å². The van der Waals surface area contributed by atoms with Crippen molar-refractivity contribution in [3.8, 4) is 5.75 Å². The molecule has 1 aliphatic rings. The lowest BCUT2D eigenvalue weighted by Gasteiger charge is -2.38. The summed E-state index contributed by atoms with van der Waals surface area (Å²) in [5.74, 6) is 1.16. The standard InChI is InChI=1S/C15H24N2O/c1-11-3-4-15(18)13(7-11)10-17-6-5-12(2)8-14(17)9-16/h3-4,7,12,14,18H,5-6,8-10,16H2,1-2H3. The fourth-order valence-corrected chi connectivity index (χ4v) is 2.81. The van der Waals surface area contributed by atoms with E-state index in [-0.39, 0.29) is 0 Å². The summed E-state index contributed by atoms with van der Waals surface area (Å²) in [4.78, 5) is 2.41. The normalized spacial score (nSPS) is 25.3. The quantitative estimate of drug-likeness (QED) is 0.862. The number of benzene rings is 1. The Kier molecular flexibility index (Phi) is 4.25. The number of nitrogens with zero attached hydrogens (tertiary/aromatic N) is 1. The van der Waals surface area contributed by atoms with Crippen molar-refractivity contribution in [2.45, 2.75) is 39.3 Å². The van der Waals surface area contributed by atoms with Crippen LogP contribution in [0.2, 0.25) is 0 Å². The summed E-state index contributed by atoms with van der Waals surface area (Å²) in [6, 6.07) is 6.25. The molecule has 2 rings (SSSR count). The summed E-state index contributed by atoms with van der Waals surface area (Å²) in [6.45, 7) is 6.95. The van der Waals surface area contributed by atoms with Gasteiger partial charge in [0.25, 0.3) is 0 Å². The third-order valence-corrected chi connectivity index (χ3v) is 3.98. The zero-order valence-corrected chi connectivity index (χ0v) is 11.4. The lowest BCUT2D eigenvalue weighted by atomic mass is 9.92. The lowest BCUT2D eigenvalue weighted by molar-refractivity contribution is 0.114. The minimum atomic E-state index is 0.398. The first-order valence-corrected chi connectivity index (χ1v) is 6.82. The Hall–Kier alpha value is -1.06. The maximum absolute atomic E-state index is 9.92. The van der Waals surface area contributed by atoms with Crippen molar-refractivity contribution >= 4 is 0 Å². The highest BCUT2D eigenvalue weighted by Gasteiger charge is 2.25. The van der Waals surface area contributed by atoms with Gasteiger partial charge in [0, 0.05) is 24.7 Å². The molecule has 18 heavy (non-hydrogen) atoms. The maximum atomic E-state index is 9.92. The molecule has 3 nitrogen and oxygen atoms in total. The van der Waals surface area contributed by atoms with E-state index >= 15 is 0 Å². The van der Waals surface area contributed by atoms with Gasteiger partial charge in [-0.2, -0.15) is 0 Å². The summed E-state index contributed by atoms with van der Waals surface area (Å²) in [6.07, 6.45) is 2.39. The molecule has 1 fully saturated rings. The van der Waals surface area contributed by atoms with Crippen molar-refractivity contribution in [2.75, 3.05) is 13.1 Å². The lowest BCUT2D eigenvalue weighted by Crippen LogP contribution is -2.45. The zero-order valence-electron chi connectivity index (χ0n) is 11.4. The minimum absolute atomic E-state index is 0.398. The van der Waals surface area contributed by atoms with Crippen LogP contribution in [-0.2, 0) is 6.54 Å². The van der Waals surface area contributed by atoms with Crippen LogP contribution < -0.4 is 5.73 Å². The average molecular weight is 248 g/mol. The Bertz CT molecular complexity index is 405. The number of phenolic OH excluding ortho intramolecular Hbond substituents is 1. The molecular weight excluding hydrogens is 224 g/mol. The molecule has 2 unspecified atom stereocenters. The van der Waals surface area contributed by atoms with Gasteiger partial charge < -0.3 is 10.8 Å². The maximum Gasteiger partial charge on any atom is 0.120 e. The highest BCUT2D eigenvalue weighted by Crippen LogP contribution is 2.26. The van der Waals surface area contributed by atoms with Crippen molar-refractivity contribution in [2.24, 2.45) is 11.7 Å². The topological polar surface area (TPSA) is 49.5 Å².